The third-order valence-corrected chi connectivity index (χ3v) is 2.79. The third kappa shape index (κ3) is 4.95. The zero-order valence-corrected chi connectivity index (χ0v) is 11.5. The summed E-state index contributed by atoms with van der Waals surface area (Å²) in [5.41, 5.74) is 1.97. The molecular formula is C15H19NO4. The van der Waals surface area contributed by atoms with Gasteiger partial charge in [0.05, 0.1) is 6.10 Å². The van der Waals surface area contributed by atoms with Gasteiger partial charge in [0.2, 0.25) is 5.91 Å². The highest BCUT2D eigenvalue weighted by atomic mass is 16.3. The van der Waals surface area contributed by atoms with Crippen LogP contribution in [0, 0.1) is 6.92 Å². The van der Waals surface area contributed by atoms with Crippen LogP contribution >= 0.6 is 0 Å². The van der Waals surface area contributed by atoms with E-state index in [-0.39, 0.29) is 0 Å². The van der Waals surface area contributed by atoms with E-state index in [0.717, 1.165) is 11.1 Å². The standard InChI is InChI=1S/C15H19NO4/c1-10-3-5-12(6-4-10)7-8-14(20)16-15(11(2)18)13(19)9-17/h3-8,11,15,17-18H,9H2,1-2H3,(H,16,20)/b8-7+/t11-,15+/m1/s1. The molecule has 1 amide bonds. The van der Waals surface area contributed by atoms with Crippen molar-refractivity contribution in [2.24, 2.45) is 0 Å². The Balaban J connectivity index is 2.66. The van der Waals surface area contributed by atoms with Crippen LogP contribution < -0.4 is 5.32 Å². The molecule has 108 valence electrons. The largest absolute Gasteiger partial charge is 0.391 e. The first-order chi connectivity index (χ1) is 9.43. The predicted molar refractivity (Wildman–Crippen MR) is 75.9 cm³/mol. The van der Waals surface area contributed by atoms with Crippen molar-refractivity contribution in [1.82, 2.24) is 5.32 Å². The van der Waals surface area contributed by atoms with Gasteiger partial charge >= 0.3 is 0 Å². The van der Waals surface area contributed by atoms with E-state index < -0.39 is 30.4 Å². The lowest BCUT2D eigenvalue weighted by atomic mass is 10.1. The number of rotatable bonds is 6. The molecule has 0 radical (unpaired) electrons. The summed E-state index contributed by atoms with van der Waals surface area (Å²) in [4.78, 5) is 23.0. The first-order valence-electron chi connectivity index (χ1n) is 6.31. The molecule has 5 heteroatoms. The molecule has 0 aliphatic rings. The zero-order valence-electron chi connectivity index (χ0n) is 11.5. The molecule has 0 saturated heterocycles. The maximum absolute atomic E-state index is 11.7. The van der Waals surface area contributed by atoms with Crippen molar-refractivity contribution >= 4 is 17.8 Å². The fourth-order valence-electron chi connectivity index (χ4n) is 1.62. The summed E-state index contributed by atoms with van der Waals surface area (Å²) >= 11 is 0. The van der Waals surface area contributed by atoms with Gasteiger partial charge in [-0.2, -0.15) is 0 Å². The number of amides is 1. The van der Waals surface area contributed by atoms with Crippen molar-refractivity contribution in [2.45, 2.75) is 26.0 Å². The van der Waals surface area contributed by atoms with Crippen molar-refractivity contribution in [3.8, 4) is 0 Å². The van der Waals surface area contributed by atoms with Crippen molar-refractivity contribution in [3.63, 3.8) is 0 Å². The molecule has 0 aliphatic heterocycles. The summed E-state index contributed by atoms with van der Waals surface area (Å²) < 4.78 is 0. The summed E-state index contributed by atoms with van der Waals surface area (Å²) in [6.07, 6.45) is 1.83. The van der Waals surface area contributed by atoms with Gasteiger partial charge in [0.25, 0.3) is 0 Å². The Labute approximate surface area is 117 Å². The maximum atomic E-state index is 11.7. The number of aliphatic hydroxyl groups is 2. The number of ketones is 1. The second-order valence-electron chi connectivity index (χ2n) is 4.60. The highest BCUT2D eigenvalue weighted by molar-refractivity contribution is 5.96. The van der Waals surface area contributed by atoms with Crippen LogP contribution in [0.1, 0.15) is 18.1 Å². The molecule has 0 spiro atoms. The number of aryl methyl sites for hydroxylation is 1. The SMILES string of the molecule is Cc1ccc(/C=C/C(=O)N[C@H](C(=O)CO)[C@@H](C)O)cc1. The lowest BCUT2D eigenvalue weighted by Gasteiger charge is -2.18. The van der Waals surface area contributed by atoms with Gasteiger partial charge in [-0.25, -0.2) is 0 Å². The van der Waals surface area contributed by atoms with Gasteiger partial charge in [0.15, 0.2) is 5.78 Å². The highest BCUT2D eigenvalue weighted by Gasteiger charge is 2.23. The van der Waals surface area contributed by atoms with Crippen LogP contribution in [-0.2, 0) is 9.59 Å². The molecule has 3 N–H and O–H groups in total. The number of carbonyl (C=O) groups excluding carboxylic acids is 2. The second kappa shape index (κ2) is 7.57. The molecule has 0 aliphatic carbocycles. The number of Topliss-reactive ketones (excluding diaryl/α,β-unsaturated/α-hetero) is 1. The highest BCUT2D eigenvalue weighted by Crippen LogP contribution is 2.05. The van der Waals surface area contributed by atoms with Gasteiger partial charge < -0.3 is 15.5 Å². The molecule has 0 unspecified atom stereocenters. The minimum absolute atomic E-state index is 0.502. The van der Waals surface area contributed by atoms with Crippen molar-refractivity contribution in [3.05, 3.63) is 41.5 Å². The summed E-state index contributed by atoms with van der Waals surface area (Å²) in [6, 6.07) is 6.47. The topological polar surface area (TPSA) is 86.6 Å². The summed E-state index contributed by atoms with van der Waals surface area (Å²) in [5, 5.41) is 20.5. The van der Waals surface area contributed by atoms with Gasteiger partial charge in [0.1, 0.15) is 12.6 Å². The van der Waals surface area contributed by atoms with E-state index in [1.165, 1.54) is 13.0 Å². The Bertz CT molecular complexity index is 491. The number of nitrogens with one attached hydrogen (secondary N) is 1. The maximum Gasteiger partial charge on any atom is 0.244 e. The Morgan fingerprint density at radius 3 is 2.40 bits per heavy atom. The minimum atomic E-state index is -1.10. The number of hydrogen-bond donors (Lipinski definition) is 3. The lowest BCUT2D eigenvalue weighted by molar-refractivity contribution is -0.130. The van der Waals surface area contributed by atoms with Crippen molar-refractivity contribution < 1.29 is 19.8 Å². The Morgan fingerprint density at radius 1 is 1.30 bits per heavy atom. The first kappa shape index (κ1) is 16.1. The summed E-state index contributed by atoms with van der Waals surface area (Å²) in [7, 11) is 0. The summed E-state index contributed by atoms with van der Waals surface area (Å²) in [6.45, 7) is 2.62. The van der Waals surface area contributed by atoms with Crippen LogP contribution in [0.5, 0.6) is 0 Å². The molecule has 0 heterocycles. The molecular weight excluding hydrogens is 258 g/mol. The smallest absolute Gasteiger partial charge is 0.244 e. The van der Waals surface area contributed by atoms with Crippen LogP contribution in [-0.4, -0.2) is 40.7 Å². The fraction of sp³-hybridized carbons (Fsp3) is 0.333. The molecule has 1 rings (SSSR count). The van der Waals surface area contributed by atoms with E-state index in [2.05, 4.69) is 5.32 Å². The van der Waals surface area contributed by atoms with Gasteiger partial charge in [-0.3, -0.25) is 9.59 Å². The van der Waals surface area contributed by atoms with E-state index in [1.807, 2.05) is 31.2 Å². The fourth-order valence-corrected chi connectivity index (χ4v) is 1.62. The molecule has 5 nitrogen and oxygen atoms in total. The number of benzene rings is 1. The minimum Gasteiger partial charge on any atom is -0.391 e. The first-order valence-corrected chi connectivity index (χ1v) is 6.31. The molecule has 1 aromatic carbocycles. The van der Waals surface area contributed by atoms with Gasteiger partial charge in [0, 0.05) is 6.08 Å². The number of carbonyl (C=O) groups is 2. The zero-order chi connectivity index (χ0) is 15.1. The quantitative estimate of drug-likeness (QED) is 0.658. The molecule has 2 atom stereocenters. The second-order valence-corrected chi connectivity index (χ2v) is 4.60. The Morgan fingerprint density at radius 2 is 1.90 bits per heavy atom. The Kier molecular flexibility index (Phi) is 6.09. The van der Waals surface area contributed by atoms with Crippen molar-refractivity contribution in [2.75, 3.05) is 6.61 Å². The predicted octanol–water partition coefficient (Wildman–Crippen LogP) is 0.435. The van der Waals surface area contributed by atoms with Crippen LogP contribution in [0.15, 0.2) is 30.3 Å². The third-order valence-electron chi connectivity index (χ3n) is 2.79. The molecule has 0 saturated carbocycles. The van der Waals surface area contributed by atoms with E-state index in [1.54, 1.807) is 6.08 Å². The van der Waals surface area contributed by atoms with Crippen LogP contribution in [0.2, 0.25) is 0 Å². The van der Waals surface area contributed by atoms with Gasteiger partial charge in [-0.1, -0.05) is 29.8 Å². The van der Waals surface area contributed by atoms with Crippen LogP contribution in [0.25, 0.3) is 6.08 Å². The van der Waals surface area contributed by atoms with Gasteiger partial charge in [-0.05, 0) is 25.5 Å². The number of aliphatic hydroxyl groups excluding tert-OH is 2. The van der Waals surface area contributed by atoms with E-state index in [9.17, 15) is 14.7 Å². The van der Waals surface area contributed by atoms with E-state index in [4.69, 9.17) is 5.11 Å². The molecule has 1 aromatic rings. The molecule has 0 fully saturated rings. The average Bonchev–Trinajstić information content (AvgIpc) is 2.43. The van der Waals surface area contributed by atoms with Crippen LogP contribution in [0.4, 0.5) is 0 Å². The average molecular weight is 277 g/mol. The van der Waals surface area contributed by atoms with Gasteiger partial charge in [-0.15, -0.1) is 0 Å². The molecule has 0 bridgehead atoms. The molecule has 20 heavy (non-hydrogen) atoms. The van der Waals surface area contributed by atoms with Crippen molar-refractivity contribution in [1.29, 1.82) is 0 Å². The summed E-state index contributed by atoms with van der Waals surface area (Å²) in [5.74, 6) is -1.13. The number of hydrogen-bond acceptors (Lipinski definition) is 4. The molecule has 0 aromatic heterocycles. The monoisotopic (exact) mass is 277 g/mol. The van der Waals surface area contributed by atoms with E-state index >= 15 is 0 Å². The normalized spacial score (nSPS) is 14.0. The lowest BCUT2D eigenvalue weighted by Crippen LogP contribution is -2.48. The van der Waals surface area contributed by atoms with E-state index in [0.29, 0.717) is 0 Å². The Hall–Kier alpha value is -1.98. The van der Waals surface area contributed by atoms with Crippen LogP contribution in [0.3, 0.4) is 0 Å².